The van der Waals surface area contributed by atoms with E-state index >= 15 is 0 Å². The van der Waals surface area contributed by atoms with Gasteiger partial charge in [-0.1, -0.05) is 97.1 Å². The Bertz CT molecular complexity index is 3370. The fraction of sp³-hybridized carbons (Fsp3) is 0. The van der Waals surface area contributed by atoms with Crippen LogP contribution in [-0.4, -0.2) is 46.4 Å². The molecule has 8 rings (SSSR count). The van der Waals surface area contributed by atoms with Crippen molar-refractivity contribution >= 4 is 99.4 Å². The van der Waals surface area contributed by atoms with Crippen LogP contribution < -0.4 is 0 Å². The van der Waals surface area contributed by atoms with Gasteiger partial charge in [0.05, 0.1) is 22.7 Å². The first-order chi connectivity index (χ1) is 31.6. The highest BCUT2D eigenvalue weighted by Crippen LogP contribution is 2.46. The molecule has 20 heteroatoms. The van der Waals surface area contributed by atoms with Crippen LogP contribution in [0.3, 0.4) is 0 Å². The van der Waals surface area contributed by atoms with Crippen LogP contribution in [0, 0.1) is 0 Å². The quantitative estimate of drug-likeness (QED) is 0.0382. The molecule has 0 amide bonds. The van der Waals surface area contributed by atoms with Gasteiger partial charge < -0.3 is 20.4 Å². The molecule has 0 bridgehead atoms. The summed E-state index contributed by atoms with van der Waals surface area (Å²) >= 11 is 0. The molecule has 0 atom stereocenters. The van der Waals surface area contributed by atoms with Gasteiger partial charge in [-0.3, -0.25) is 9.11 Å². The lowest BCUT2D eigenvalue weighted by atomic mass is 10.1. The van der Waals surface area contributed by atoms with E-state index in [-0.39, 0.29) is 45.3 Å². The van der Waals surface area contributed by atoms with Crippen LogP contribution in [0.5, 0.6) is 23.0 Å². The summed E-state index contributed by atoms with van der Waals surface area (Å²) < 4.78 is 70.4. The highest BCUT2D eigenvalue weighted by atomic mass is 32.2. The first kappa shape index (κ1) is 44.1. The SMILES string of the molecule is O=S(=O)(O)c1cc(N=Nc2ccc(O)c(N=Nc3cccc4ccccc34)c2O)ccc1/C=C\c1ccc(N=Nc2ccc(O)c(N=Nc3cccc4ccccc34)c2O)cc1S(=O)(=O)O. The lowest BCUT2D eigenvalue weighted by molar-refractivity contribution is 0.452. The Morgan fingerprint density at radius 2 is 0.758 bits per heavy atom. The third-order valence-electron chi connectivity index (χ3n) is 9.80. The van der Waals surface area contributed by atoms with Gasteiger partial charge in [-0.2, -0.15) is 27.1 Å². The molecule has 0 aromatic heterocycles. The van der Waals surface area contributed by atoms with Crippen LogP contribution >= 0.6 is 0 Å². The summed E-state index contributed by atoms with van der Waals surface area (Å²) in [6.45, 7) is 0. The number of hydrogen-bond donors (Lipinski definition) is 6. The maximum Gasteiger partial charge on any atom is 0.295 e. The second-order valence-corrected chi connectivity index (χ2v) is 16.9. The van der Waals surface area contributed by atoms with Gasteiger partial charge in [-0.25, -0.2) is 0 Å². The summed E-state index contributed by atoms with van der Waals surface area (Å²) in [7, 11) is -9.87. The van der Waals surface area contributed by atoms with Crippen molar-refractivity contribution in [2.24, 2.45) is 40.9 Å². The van der Waals surface area contributed by atoms with E-state index in [1.807, 2.05) is 60.7 Å². The summed E-state index contributed by atoms with van der Waals surface area (Å²) in [5, 5.41) is 78.5. The zero-order valence-corrected chi connectivity index (χ0v) is 35.4. The fourth-order valence-corrected chi connectivity index (χ4v) is 7.98. The molecule has 0 aliphatic carbocycles. The molecule has 0 spiro atoms. The molecule has 0 saturated heterocycles. The normalized spacial score (nSPS) is 12.6. The zero-order chi connectivity index (χ0) is 46.6. The summed E-state index contributed by atoms with van der Waals surface area (Å²) in [6.07, 6.45) is 2.33. The number of phenols is 4. The summed E-state index contributed by atoms with van der Waals surface area (Å²) in [6, 6.07) is 37.6. The Labute approximate surface area is 374 Å². The average molecular weight is 921 g/mol. The number of rotatable bonds is 12. The maximum absolute atomic E-state index is 12.5. The highest BCUT2D eigenvalue weighted by molar-refractivity contribution is 7.86. The minimum atomic E-state index is -4.93. The second-order valence-electron chi connectivity index (χ2n) is 14.1. The maximum atomic E-state index is 12.5. The Hall–Kier alpha value is -8.56. The second kappa shape index (κ2) is 18.3. The molecule has 66 heavy (non-hydrogen) atoms. The third-order valence-corrected chi connectivity index (χ3v) is 11.6. The monoisotopic (exact) mass is 920 g/mol. The van der Waals surface area contributed by atoms with Crippen molar-refractivity contribution in [1.29, 1.82) is 0 Å². The van der Waals surface area contributed by atoms with Crippen molar-refractivity contribution in [2.75, 3.05) is 0 Å². The molecule has 0 unspecified atom stereocenters. The van der Waals surface area contributed by atoms with Crippen LogP contribution in [0.25, 0.3) is 33.7 Å². The number of fused-ring (bicyclic) bond motifs is 2. The molecule has 8 aromatic carbocycles. The Balaban J connectivity index is 1.03. The number of aromatic hydroxyl groups is 4. The molecule has 0 aliphatic heterocycles. The van der Waals surface area contributed by atoms with Crippen LogP contribution in [0.1, 0.15) is 11.1 Å². The van der Waals surface area contributed by atoms with Gasteiger partial charge in [-0.05, 0) is 82.6 Å². The first-order valence-corrected chi connectivity index (χ1v) is 22.2. The third kappa shape index (κ3) is 9.66. The molecular weight excluding hydrogens is 889 g/mol. The molecule has 0 heterocycles. The minimum absolute atomic E-state index is 0.0980. The largest absolute Gasteiger partial charge is 0.505 e. The Morgan fingerprint density at radius 3 is 1.17 bits per heavy atom. The lowest BCUT2D eigenvalue weighted by Crippen LogP contribution is -2.01. The van der Waals surface area contributed by atoms with Gasteiger partial charge in [0.25, 0.3) is 20.2 Å². The molecule has 8 aromatic rings. The predicted octanol–water partition coefficient (Wildman–Crippen LogP) is 13.1. The lowest BCUT2D eigenvalue weighted by Gasteiger charge is -2.07. The van der Waals surface area contributed by atoms with Crippen LogP contribution in [-0.2, 0) is 20.2 Å². The number of benzene rings is 8. The molecule has 0 fully saturated rings. The van der Waals surface area contributed by atoms with Gasteiger partial charge in [-0.15, -0.1) is 30.7 Å². The van der Waals surface area contributed by atoms with E-state index < -0.39 is 53.0 Å². The van der Waals surface area contributed by atoms with E-state index in [4.69, 9.17) is 0 Å². The number of nitrogens with zero attached hydrogens (tertiary/aromatic N) is 8. The van der Waals surface area contributed by atoms with E-state index in [9.17, 15) is 46.4 Å². The van der Waals surface area contributed by atoms with Gasteiger partial charge in [0.1, 0.15) is 32.7 Å². The number of azo groups is 4. The molecule has 328 valence electrons. The van der Waals surface area contributed by atoms with Crippen molar-refractivity contribution in [1.82, 2.24) is 0 Å². The zero-order valence-electron chi connectivity index (χ0n) is 33.7. The predicted molar refractivity (Wildman–Crippen MR) is 246 cm³/mol. The van der Waals surface area contributed by atoms with Crippen molar-refractivity contribution in [2.45, 2.75) is 9.79 Å². The smallest absolute Gasteiger partial charge is 0.295 e. The van der Waals surface area contributed by atoms with Crippen molar-refractivity contribution in [3.05, 3.63) is 157 Å². The summed E-state index contributed by atoms with van der Waals surface area (Å²) in [5.74, 6) is -1.97. The Kier molecular flexibility index (Phi) is 12.2. The van der Waals surface area contributed by atoms with Crippen LogP contribution in [0.4, 0.5) is 45.5 Å². The summed E-state index contributed by atoms with van der Waals surface area (Å²) in [5.41, 5.74) is -0.438. The van der Waals surface area contributed by atoms with E-state index in [1.54, 1.807) is 24.3 Å². The van der Waals surface area contributed by atoms with Crippen LogP contribution in [0.2, 0.25) is 0 Å². The minimum Gasteiger partial charge on any atom is -0.505 e. The van der Waals surface area contributed by atoms with Crippen molar-refractivity contribution < 1.29 is 46.4 Å². The number of phenolic OH excluding ortho intramolecular Hbond substituents is 4. The average Bonchev–Trinajstić information content (AvgIpc) is 3.30. The van der Waals surface area contributed by atoms with Gasteiger partial charge in [0, 0.05) is 10.8 Å². The molecular formula is C46H32N8O10S2. The van der Waals surface area contributed by atoms with Gasteiger partial charge in [0.15, 0.2) is 22.9 Å². The molecule has 6 N–H and O–H groups in total. The Morgan fingerprint density at radius 1 is 0.379 bits per heavy atom. The molecule has 0 saturated carbocycles. The standard InChI is InChI=1S/C46H32N8O10S2/c55-39-23-21-37(45(57)43(39)53-49-35-13-5-9-27-7-1-3-11-33(27)35)51-47-31-19-17-29(41(25-31)65(59,60)61)15-16-30-18-20-32(26-42(30)66(62,63)64)48-52-38-22-24-40(56)44(46(38)58)54-50-36-14-6-10-28-8-2-4-12-34(28)36/h1-26,55-58H,(H,59,60,61)(H,62,63,64)/b16-15-,51-47?,52-48?,53-49?,54-50?. The number of hydrogen-bond acceptors (Lipinski definition) is 16. The summed E-state index contributed by atoms with van der Waals surface area (Å²) in [4.78, 5) is -1.31. The first-order valence-electron chi connectivity index (χ1n) is 19.3. The molecule has 18 nitrogen and oxygen atoms in total. The molecule has 0 radical (unpaired) electrons. The van der Waals surface area contributed by atoms with Gasteiger partial charge in [0.2, 0.25) is 0 Å². The topological polar surface area (TPSA) is 289 Å². The van der Waals surface area contributed by atoms with Crippen molar-refractivity contribution in [3.63, 3.8) is 0 Å². The van der Waals surface area contributed by atoms with E-state index in [0.717, 1.165) is 45.8 Å². The van der Waals surface area contributed by atoms with Crippen LogP contribution in [0.15, 0.2) is 196 Å². The van der Waals surface area contributed by atoms with Crippen molar-refractivity contribution in [3.8, 4) is 23.0 Å². The fourth-order valence-electron chi connectivity index (χ4n) is 6.57. The highest BCUT2D eigenvalue weighted by Gasteiger charge is 2.19. The molecule has 0 aliphatic rings. The van der Waals surface area contributed by atoms with E-state index in [1.165, 1.54) is 48.5 Å². The van der Waals surface area contributed by atoms with Gasteiger partial charge >= 0.3 is 0 Å². The van der Waals surface area contributed by atoms with E-state index in [0.29, 0.717) is 11.4 Å². The van der Waals surface area contributed by atoms with E-state index in [2.05, 4.69) is 40.9 Å².